The van der Waals surface area contributed by atoms with E-state index in [1.54, 1.807) is 23.3 Å². The molecule has 9 heteroatoms. The van der Waals surface area contributed by atoms with E-state index in [0.717, 1.165) is 17.8 Å². The summed E-state index contributed by atoms with van der Waals surface area (Å²) in [6.45, 7) is 1.63. The standard InChI is InChI=1S/C21H19F2N3O3S/c1-25(21(28)11-6-26(7-11)12-2-3-30-10-12)18-9-29-8-17-19(18)13-4-15(22)16(23)5-14(13)20(27)24-17/h2-5,10-11,18H,6-9H2,1H3,(H,24,27)/t18-/m0/s1. The summed E-state index contributed by atoms with van der Waals surface area (Å²) in [6.07, 6.45) is 0. The molecule has 1 amide bonds. The predicted octanol–water partition coefficient (Wildman–Crippen LogP) is 3.03. The number of rotatable bonds is 3. The van der Waals surface area contributed by atoms with Gasteiger partial charge in [0.2, 0.25) is 5.91 Å². The molecule has 1 atom stereocenters. The number of anilines is 1. The number of hydrogen-bond donors (Lipinski definition) is 1. The van der Waals surface area contributed by atoms with Crippen molar-refractivity contribution >= 4 is 33.7 Å². The lowest BCUT2D eigenvalue weighted by Gasteiger charge is -2.43. The molecule has 2 aliphatic rings. The Balaban J connectivity index is 1.47. The van der Waals surface area contributed by atoms with Crippen LogP contribution < -0.4 is 10.5 Å². The lowest BCUT2D eigenvalue weighted by Crippen LogP contribution is -2.55. The molecule has 0 radical (unpaired) electrons. The van der Waals surface area contributed by atoms with Crippen molar-refractivity contribution in [3.8, 4) is 0 Å². The zero-order valence-corrected chi connectivity index (χ0v) is 17.0. The maximum atomic E-state index is 14.0. The summed E-state index contributed by atoms with van der Waals surface area (Å²) in [5.74, 6) is -2.29. The Morgan fingerprint density at radius 3 is 2.70 bits per heavy atom. The number of carbonyl (C=O) groups is 1. The van der Waals surface area contributed by atoms with E-state index < -0.39 is 23.2 Å². The highest BCUT2D eigenvalue weighted by Gasteiger charge is 2.38. The van der Waals surface area contributed by atoms with Crippen molar-refractivity contribution in [1.82, 2.24) is 9.88 Å². The van der Waals surface area contributed by atoms with Crippen molar-refractivity contribution in [3.05, 3.63) is 62.2 Å². The lowest BCUT2D eigenvalue weighted by molar-refractivity contribution is -0.139. The van der Waals surface area contributed by atoms with E-state index >= 15 is 0 Å². The van der Waals surface area contributed by atoms with E-state index in [2.05, 4.69) is 9.88 Å². The number of benzene rings is 1. The third-order valence-corrected chi connectivity index (χ3v) is 6.63. The molecule has 0 unspecified atom stereocenters. The van der Waals surface area contributed by atoms with Crippen molar-refractivity contribution in [1.29, 1.82) is 0 Å². The van der Waals surface area contributed by atoms with Gasteiger partial charge < -0.3 is 19.5 Å². The molecule has 3 aromatic rings. The molecule has 2 aliphatic heterocycles. The number of halogens is 2. The molecule has 2 aromatic heterocycles. The molecule has 30 heavy (non-hydrogen) atoms. The minimum Gasteiger partial charge on any atom is -0.373 e. The van der Waals surface area contributed by atoms with Gasteiger partial charge in [0.25, 0.3) is 5.56 Å². The van der Waals surface area contributed by atoms with E-state index in [4.69, 9.17) is 4.74 Å². The average Bonchev–Trinajstić information content (AvgIpc) is 3.21. The van der Waals surface area contributed by atoms with Crippen LogP contribution in [0.15, 0.2) is 33.8 Å². The van der Waals surface area contributed by atoms with Crippen LogP contribution in [0.3, 0.4) is 0 Å². The minimum absolute atomic E-state index is 0.0372. The lowest BCUT2D eigenvalue weighted by atomic mass is 9.93. The van der Waals surface area contributed by atoms with Crippen molar-refractivity contribution in [2.75, 3.05) is 31.6 Å². The zero-order chi connectivity index (χ0) is 21.0. The maximum absolute atomic E-state index is 14.0. The van der Waals surface area contributed by atoms with E-state index in [-0.39, 0.29) is 30.4 Å². The molecule has 0 spiro atoms. The normalized spacial score (nSPS) is 18.9. The van der Waals surface area contributed by atoms with Crippen LogP contribution in [-0.4, -0.2) is 42.5 Å². The molecule has 6 nitrogen and oxygen atoms in total. The second kappa shape index (κ2) is 7.17. The molecule has 1 aromatic carbocycles. The number of aromatic amines is 1. The number of ether oxygens (including phenoxy) is 1. The molecule has 1 saturated heterocycles. The number of thiophene rings is 1. The third-order valence-electron chi connectivity index (χ3n) is 5.96. The summed E-state index contributed by atoms with van der Waals surface area (Å²) >= 11 is 1.61. The van der Waals surface area contributed by atoms with Gasteiger partial charge in [0.15, 0.2) is 11.6 Å². The van der Waals surface area contributed by atoms with Crippen molar-refractivity contribution < 1.29 is 18.3 Å². The molecule has 0 bridgehead atoms. The number of aromatic nitrogens is 1. The highest BCUT2D eigenvalue weighted by Crippen LogP contribution is 2.35. The summed E-state index contributed by atoms with van der Waals surface area (Å²) < 4.78 is 33.3. The van der Waals surface area contributed by atoms with Gasteiger partial charge in [-0.05, 0) is 29.0 Å². The van der Waals surface area contributed by atoms with Crippen LogP contribution in [0.25, 0.3) is 10.8 Å². The SMILES string of the molecule is CN(C(=O)C1CN(c2ccsc2)C1)[C@H]1COCc2[nH]c(=O)c3cc(F)c(F)cc3c21. The highest BCUT2D eigenvalue weighted by atomic mass is 32.1. The van der Waals surface area contributed by atoms with Crippen LogP contribution in [0.5, 0.6) is 0 Å². The third kappa shape index (κ3) is 3.00. The number of hydrogen-bond acceptors (Lipinski definition) is 5. The fourth-order valence-corrected chi connectivity index (χ4v) is 4.94. The maximum Gasteiger partial charge on any atom is 0.256 e. The summed E-state index contributed by atoms with van der Waals surface area (Å²) in [5.41, 5.74) is 1.70. The topological polar surface area (TPSA) is 65.6 Å². The quantitative estimate of drug-likeness (QED) is 0.693. The van der Waals surface area contributed by atoms with Crippen molar-refractivity contribution in [2.45, 2.75) is 12.6 Å². The number of fused-ring (bicyclic) bond motifs is 3. The van der Waals surface area contributed by atoms with Crippen molar-refractivity contribution in [2.24, 2.45) is 5.92 Å². The largest absolute Gasteiger partial charge is 0.373 e. The van der Waals surface area contributed by atoms with Gasteiger partial charge in [0, 0.05) is 42.5 Å². The number of pyridine rings is 1. The van der Waals surface area contributed by atoms with E-state index in [1.807, 2.05) is 16.8 Å². The second-order valence-electron chi connectivity index (χ2n) is 7.72. The molecular formula is C21H19F2N3O3S. The summed E-state index contributed by atoms with van der Waals surface area (Å²) in [6, 6.07) is 3.47. The first-order valence-corrected chi connectivity index (χ1v) is 10.5. The van der Waals surface area contributed by atoms with Crippen LogP contribution in [0, 0.1) is 17.6 Å². The number of H-pyrrole nitrogens is 1. The molecule has 0 aliphatic carbocycles. The molecule has 1 fully saturated rings. The Kier molecular flexibility index (Phi) is 4.59. The number of nitrogens with zero attached hydrogens (tertiary/aromatic N) is 2. The Labute approximate surface area is 174 Å². The van der Waals surface area contributed by atoms with Gasteiger partial charge in [-0.25, -0.2) is 8.78 Å². The number of carbonyl (C=O) groups excluding carboxylic acids is 1. The van der Waals surface area contributed by atoms with Crippen molar-refractivity contribution in [3.63, 3.8) is 0 Å². The minimum atomic E-state index is -1.08. The predicted molar refractivity (Wildman–Crippen MR) is 110 cm³/mol. The Bertz CT molecular complexity index is 1190. The summed E-state index contributed by atoms with van der Waals surface area (Å²) in [5, 5.41) is 4.42. The van der Waals surface area contributed by atoms with Gasteiger partial charge in [-0.3, -0.25) is 9.59 Å². The van der Waals surface area contributed by atoms with Gasteiger partial charge >= 0.3 is 0 Å². The van der Waals surface area contributed by atoms with Crippen LogP contribution in [-0.2, 0) is 16.1 Å². The molecular weight excluding hydrogens is 412 g/mol. The average molecular weight is 431 g/mol. The summed E-state index contributed by atoms with van der Waals surface area (Å²) in [4.78, 5) is 31.9. The second-order valence-corrected chi connectivity index (χ2v) is 8.50. The first-order chi connectivity index (χ1) is 14.4. The van der Waals surface area contributed by atoms with Gasteiger partial charge in [0.05, 0.1) is 30.6 Å². The fraction of sp³-hybridized carbons (Fsp3) is 0.333. The smallest absolute Gasteiger partial charge is 0.256 e. The van der Waals surface area contributed by atoms with Gasteiger partial charge in [-0.15, -0.1) is 0 Å². The molecule has 5 rings (SSSR count). The highest BCUT2D eigenvalue weighted by molar-refractivity contribution is 7.08. The Morgan fingerprint density at radius 2 is 2.00 bits per heavy atom. The fourth-order valence-electron chi connectivity index (χ4n) is 4.27. The van der Waals surface area contributed by atoms with E-state index in [0.29, 0.717) is 29.7 Å². The first kappa shape index (κ1) is 19.2. The first-order valence-electron chi connectivity index (χ1n) is 9.59. The number of nitrogens with one attached hydrogen (secondary N) is 1. The molecule has 1 N–H and O–H groups in total. The van der Waals surface area contributed by atoms with Gasteiger partial charge in [-0.1, -0.05) is 0 Å². The van der Waals surface area contributed by atoms with Crippen LogP contribution in [0.2, 0.25) is 0 Å². The number of amides is 1. The van der Waals surface area contributed by atoms with E-state index in [9.17, 15) is 18.4 Å². The summed E-state index contributed by atoms with van der Waals surface area (Å²) in [7, 11) is 1.69. The zero-order valence-electron chi connectivity index (χ0n) is 16.2. The Hall–Kier alpha value is -2.78. The molecule has 156 valence electrons. The van der Waals surface area contributed by atoms with Gasteiger partial charge in [-0.2, -0.15) is 11.3 Å². The monoisotopic (exact) mass is 431 g/mol. The Morgan fingerprint density at radius 1 is 1.27 bits per heavy atom. The number of likely N-dealkylation sites (N-methyl/N-ethyl adjacent to an activating group) is 1. The van der Waals surface area contributed by atoms with Crippen LogP contribution in [0.1, 0.15) is 17.3 Å². The molecule has 0 saturated carbocycles. The van der Waals surface area contributed by atoms with Crippen LogP contribution >= 0.6 is 11.3 Å². The van der Waals surface area contributed by atoms with Crippen LogP contribution in [0.4, 0.5) is 14.5 Å². The van der Waals surface area contributed by atoms with E-state index in [1.165, 1.54) is 0 Å². The molecule has 4 heterocycles. The van der Waals surface area contributed by atoms with Gasteiger partial charge in [0.1, 0.15) is 0 Å².